The molecule has 146 valence electrons. The molecule has 4 aromatic rings. The maximum absolute atomic E-state index is 12.6. The number of amides is 1. The van der Waals surface area contributed by atoms with E-state index in [1.165, 1.54) is 23.3 Å². The highest BCUT2D eigenvalue weighted by Gasteiger charge is 2.17. The highest BCUT2D eigenvalue weighted by Crippen LogP contribution is 2.30. The second-order valence-electron chi connectivity index (χ2n) is 7.38. The third-order valence-corrected chi connectivity index (χ3v) is 6.72. The molecular weight excluding hydrogens is 382 g/mol. The van der Waals surface area contributed by atoms with Gasteiger partial charge >= 0.3 is 0 Å². The third-order valence-electron chi connectivity index (χ3n) is 5.49. The quantitative estimate of drug-likeness (QED) is 0.535. The monoisotopic (exact) mass is 403 g/mol. The van der Waals surface area contributed by atoms with Crippen LogP contribution in [0.25, 0.3) is 22.3 Å². The summed E-state index contributed by atoms with van der Waals surface area (Å²) in [5, 5.41) is 11.0. The lowest BCUT2D eigenvalue weighted by Crippen LogP contribution is -2.22. The predicted octanol–water partition coefficient (Wildman–Crippen LogP) is 4.20. The summed E-state index contributed by atoms with van der Waals surface area (Å²) in [4.78, 5) is 23.8. The van der Waals surface area contributed by atoms with Crippen LogP contribution in [-0.2, 0) is 19.4 Å². The van der Waals surface area contributed by atoms with Crippen molar-refractivity contribution in [2.24, 2.45) is 0 Å². The van der Waals surface area contributed by atoms with Gasteiger partial charge in [0.1, 0.15) is 0 Å². The summed E-state index contributed by atoms with van der Waals surface area (Å²) in [7, 11) is 0. The van der Waals surface area contributed by atoms with Crippen LogP contribution in [0.15, 0.2) is 36.7 Å². The first-order valence-corrected chi connectivity index (χ1v) is 10.7. The molecular formula is C22H21N5OS. The van der Waals surface area contributed by atoms with E-state index in [0.29, 0.717) is 6.54 Å². The van der Waals surface area contributed by atoms with Crippen LogP contribution >= 0.6 is 11.3 Å². The van der Waals surface area contributed by atoms with Crippen molar-refractivity contribution in [2.75, 3.05) is 0 Å². The fourth-order valence-electron chi connectivity index (χ4n) is 3.87. The summed E-state index contributed by atoms with van der Waals surface area (Å²) >= 11 is 1.64. The highest BCUT2D eigenvalue weighted by atomic mass is 32.1. The Hall–Kier alpha value is -3.06. The van der Waals surface area contributed by atoms with E-state index in [2.05, 4.69) is 26.6 Å². The number of nitrogens with zero attached hydrogens (tertiary/aromatic N) is 3. The van der Waals surface area contributed by atoms with Crippen molar-refractivity contribution in [3.05, 3.63) is 63.2 Å². The first-order chi connectivity index (χ1) is 14.2. The Balaban J connectivity index is 1.33. The molecule has 29 heavy (non-hydrogen) atoms. The highest BCUT2D eigenvalue weighted by molar-refractivity contribution is 7.14. The van der Waals surface area contributed by atoms with Crippen molar-refractivity contribution in [3.8, 4) is 11.3 Å². The summed E-state index contributed by atoms with van der Waals surface area (Å²) in [6, 6.07) is 8.03. The number of pyridine rings is 2. The van der Waals surface area contributed by atoms with Crippen LogP contribution in [0.4, 0.5) is 0 Å². The number of aromatic amines is 1. The molecule has 2 N–H and O–H groups in total. The number of rotatable bonds is 4. The number of aromatic nitrogens is 4. The number of aryl methyl sites for hydroxylation is 3. The maximum atomic E-state index is 12.6. The standard InChI is InChI=1S/C22H21N5OS/c1-13-15(11-24-22(28)20-10-14-4-2-3-5-19(14)29-20)6-7-18(26-13)16-8-9-23-21-17(16)12-25-27-21/h6-10,12H,2-5,11H2,1H3,(H,24,28)(H,23,25,27). The number of thiophene rings is 1. The smallest absolute Gasteiger partial charge is 0.261 e. The normalized spacial score (nSPS) is 13.4. The molecule has 0 spiro atoms. The molecule has 1 aliphatic carbocycles. The number of H-pyrrole nitrogens is 1. The topological polar surface area (TPSA) is 83.6 Å². The number of carbonyl (C=O) groups is 1. The Bertz CT molecular complexity index is 1190. The third kappa shape index (κ3) is 3.42. The minimum Gasteiger partial charge on any atom is -0.347 e. The van der Waals surface area contributed by atoms with Gasteiger partial charge in [0.2, 0.25) is 0 Å². The lowest BCUT2D eigenvalue weighted by atomic mass is 9.99. The molecule has 1 amide bonds. The molecule has 4 heterocycles. The van der Waals surface area contributed by atoms with Gasteiger partial charge in [-0.3, -0.25) is 14.9 Å². The van der Waals surface area contributed by atoms with Gasteiger partial charge in [0.25, 0.3) is 5.91 Å². The SMILES string of the molecule is Cc1nc(-c2ccnc3[nH]ncc23)ccc1CNC(=O)c1cc2c(s1)CCCC2. The number of carbonyl (C=O) groups excluding carboxylic acids is 1. The van der Waals surface area contributed by atoms with Gasteiger partial charge in [0.05, 0.1) is 16.8 Å². The van der Waals surface area contributed by atoms with Gasteiger partial charge in [0.15, 0.2) is 5.65 Å². The van der Waals surface area contributed by atoms with Crippen LogP contribution in [0.1, 0.15) is 44.2 Å². The van der Waals surface area contributed by atoms with Crippen LogP contribution in [0.5, 0.6) is 0 Å². The van der Waals surface area contributed by atoms with Crippen LogP contribution in [0.2, 0.25) is 0 Å². The largest absolute Gasteiger partial charge is 0.347 e. The van der Waals surface area contributed by atoms with Gasteiger partial charge in [0, 0.05) is 34.3 Å². The molecule has 0 saturated carbocycles. The van der Waals surface area contributed by atoms with Crippen molar-refractivity contribution < 1.29 is 4.79 Å². The van der Waals surface area contributed by atoms with E-state index in [0.717, 1.165) is 51.3 Å². The average molecular weight is 404 g/mol. The van der Waals surface area contributed by atoms with Crippen molar-refractivity contribution in [1.29, 1.82) is 0 Å². The number of hydrogen-bond acceptors (Lipinski definition) is 5. The first kappa shape index (κ1) is 18.0. The Morgan fingerprint density at radius 2 is 2.14 bits per heavy atom. The van der Waals surface area contributed by atoms with Crippen LogP contribution < -0.4 is 5.32 Å². The first-order valence-electron chi connectivity index (χ1n) is 9.84. The summed E-state index contributed by atoms with van der Waals surface area (Å²) < 4.78 is 0. The molecule has 0 bridgehead atoms. The molecule has 7 heteroatoms. The van der Waals surface area contributed by atoms with Crippen molar-refractivity contribution in [3.63, 3.8) is 0 Å². The van der Waals surface area contributed by atoms with Crippen LogP contribution in [-0.4, -0.2) is 26.1 Å². The predicted molar refractivity (Wildman–Crippen MR) is 114 cm³/mol. The van der Waals surface area contributed by atoms with Gasteiger partial charge in [-0.05, 0) is 61.9 Å². The number of fused-ring (bicyclic) bond motifs is 2. The zero-order valence-electron chi connectivity index (χ0n) is 16.2. The van der Waals surface area contributed by atoms with E-state index in [1.54, 1.807) is 23.7 Å². The van der Waals surface area contributed by atoms with Crippen LogP contribution in [0, 0.1) is 6.92 Å². The molecule has 0 aromatic carbocycles. The van der Waals surface area contributed by atoms with Crippen molar-refractivity contribution >= 4 is 28.3 Å². The minimum atomic E-state index is 0.00196. The zero-order chi connectivity index (χ0) is 19.8. The van der Waals surface area contributed by atoms with Gasteiger partial charge in [-0.15, -0.1) is 11.3 Å². The maximum Gasteiger partial charge on any atom is 0.261 e. The van der Waals surface area contributed by atoms with Crippen LogP contribution in [0.3, 0.4) is 0 Å². The lowest BCUT2D eigenvalue weighted by molar-refractivity contribution is 0.0955. The zero-order valence-corrected chi connectivity index (χ0v) is 17.0. The number of nitrogens with one attached hydrogen (secondary N) is 2. The van der Waals surface area contributed by atoms with Gasteiger partial charge < -0.3 is 5.32 Å². The second kappa shape index (κ2) is 7.40. The van der Waals surface area contributed by atoms with E-state index >= 15 is 0 Å². The molecule has 0 atom stereocenters. The molecule has 0 unspecified atom stereocenters. The Morgan fingerprint density at radius 3 is 3.00 bits per heavy atom. The Labute approximate surface area is 172 Å². The molecule has 0 aliphatic heterocycles. The van der Waals surface area contributed by atoms with E-state index in [4.69, 9.17) is 4.98 Å². The summed E-state index contributed by atoms with van der Waals surface area (Å²) in [5.74, 6) is 0.00196. The molecule has 4 aromatic heterocycles. The Morgan fingerprint density at radius 1 is 1.24 bits per heavy atom. The van der Waals surface area contributed by atoms with Crippen molar-refractivity contribution in [1.82, 2.24) is 25.5 Å². The summed E-state index contributed by atoms with van der Waals surface area (Å²) in [6.45, 7) is 2.45. The van der Waals surface area contributed by atoms with Gasteiger partial charge in [-0.1, -0.05) is 6.07 Å². The molecule has 0 fully saturated rings. The average Bonchev–Trinajstić information content (AvgIpc) is 3.39. The second-order valence-corrected chi connectivity index (χ2v) is 8.52. The molecule has 5 rings (SSSR count). The fourth-order valence-corrected chi connectivity index (χ4v) is 5.04. The van der Waals surface area contributed by atoms with E-state index in [9.17, 15) is 4.79 Å². The molecule has 0 radical (unpaired) electrons. The number of hydrogen-bond donors (Lipinski definition) is 2. The van der Waals surface area contributed by atoms with E-state index in [-0.39, 0.29) is 5.91 Å². The summed E-state index contributed by atoms with van der Waals surface area (Å²) in [6.07, 6.45) is 8.18. The molecule has 1 aliphatic rings. The fraction of sp³-hybridized carbons (Fsp3) is 0.273. The Kier molecular flexibility index (Phi) is 4.60. The van der Waals surface area contributed by atoms with E-state index in [1.807, 2.05) is 25.1 Å². The lowest BCUT2D eigenvalue weighted by Gasteiger charge is -2.09. The molecule has 6 nitrogen and oxygen atoms in total. The van der Waals surface area contributed by atoms with E-state index < -0.39 is 0 Å². The minimum absolute atomic E-state index is 0.00196. The summed E-state index contributed by atoms with van der Waals surface area (Å²) in [5.41, 5.74) is 5.89. The molecule has 0 saturated heterocycles. The van der Waals surface area contributed by atoms with Crippen molar-refractivity contribution in [2.45, 2.75) is 39.2 Å². The van der Waals surface area contributed by atoms with Gasteiger partial charge in [-0.2, -0.15) is 5.10 Å². The van der Waals surface area contributed by atoms with Gasteiger partial charge in [-0.25, -0.2) is 4.98 Å².